The van der Waals surface area contributed by atoms with Crippen molar-refractivity contribution >= 4 is 45.1 Å². The van der Waals surface area contributed by atoms with Gasteiger partial charge in [-0.05, 0) is 55.4 Å². The molecule has 12 nitrogen and oxygen atoms in total. The van der Waals surface area contributed by atoms with Crippen molar-refractivity contribution < 1.29 is 22.7 Å². The minimum atomic E-state index is -3.25. The number of piperidine rings is 1. The summed E-state index contributed by atoms with van der Waals surface area (Å²) in [7, 11) is -1.96. The molecule has 5 rings (SSSR count). The first-order chi connectivity index (χ1) is 20.4. The predicted octanol–water partition coefficient (Wildman–Crippen LogP) is 4.07. The number of aromatic amines is 1. The summed E-state index contributed by atoms with van der Waals surface area (Å²) in [6.07, 6.45) is 2.74. The second-order valence-electron chi connectivity index (χ2n) is 10.9. The number of nitrogens with one attached hydrogen (secondary N) is 3. The summed E-state index contributed by atoms with van der Waals surface area (Å²) in [6, 6.07) is 13.2. The number of nitrogens with two attached hydrogens (primary N) is 1. The van der Waals surface area contributed by atoms with Crippen LogP contribution in [-0.2, 0) is 14.8 Å². The molecule has 3 aromatic rings. The lowest BCUT2D eigenvalue weighted by atomic mass is 9.83. The number of ether oxygens (including phenoxy) is 1. The largest absolute Gasteiger partial charge is 0.453 e. The normalized spacial score (nSPS) is 19.7. The maximum atomic E-state index is 13.9. The maximum absolute atomic E-state index is 13.9. The second kappa shape index (κ2) is 12.3. The Morgan fingerprint density at radius 2 is 1.70 bits per heavy atom. The van der Waals surface area contributed by atoms with Gasteiger partial charge in [-0.25, -0.2) is 22.5 Å². The predicted molar refractivity (Wildman–Crippen MR) is 164 cm³/mol. The van der Waals surface area contributed by atoms with Gasteiger partial charge in [0.25, 0.3) is 5.91 Å². The summed E-state index contributed by atoms with van der Waals surface area (Å²) in [5.41, 5.74) is 8.39. The van der Waals surface area contributed by atoms with Crippen LogP contribution in [0.3, 0.4) is 0 Å². The van der Waals surface area contributed by atoms with Crippen LogP contribution in [0.25, 0.3) is 11.3 Å². The number of methoxy groups -OCH3 is 1. The van der Waals surface area contributed by atoms with Crippen LogP contribution >= 0.6 is 11.6 Å². The molecule has 2 aromatic carbocycles. The number of halogens is 1. The minimum Gasteiger partial charge on any atom is -0.453 e. The van der Waals surface area contributed by atoms with E-state index in [1.54, 1.807) is 53.4 Å². The molecule has 0 saturated carbocycles. The van der Waals surface area contributed by atoms with E-state index in [1.807, 2.05) is 0 Å². The number of anilines is 1. The number of amidine groups is 1. The van der Waals surface area contributed by atoms with Crippen molar-refractivity contribution in [2.24, 2.45) is 17.6 Å². The summed E-state index contributed by atoms with van der Waals surface area (Å²) in [6.45, 7) is 1.41. The molecule has 2 fully saturated rings. The number of carbonyl (C=O) groups is 2. The van der Waals surface area contributed by atoms with Gasteiger partial charge < -0.3 is 20.4 Å². The van der Waals surface area contributed by atoms with E-state index in [4.69, 9.17) is 27.7 Å². The van der Waals surface area contributed by atoms with Crippen molar-refractivity contribution in [1.29, 1.82) is 5.41 Å². The van der Waals surface area contributed by atoms with Crippen molar-refractivity contribution in [3.05, 3.63) is 70.6 Å². The average Bonchev–Trinajstić information content (AvgIpc) is 3.61. The number of hydrogen-bond donors (Lipinski definition) is 4. The first-order valence-corrected chi connectivity index (χ1v) is 16.1. The third-order valence-corrected chi connectivity index (χ3v) is 9.83. The van der Waals surface area contributed by atoms with Gasteiger partial charge in [0.15, 0.2) is 0 Å². The molecule has 3 heterocycles. The zero-order valence-corrected chi connectivity index (χ0v) is 25.4. The number of nitrogens with zero attached hydrogens (tertiary/aromatic N) is 3. The van der Waals surface area contributed by atoms with Crippen molar-refractivity contribution in [3.63, 3.8) is 0 Å². The lowest BCUT2D eigenvalue weighted by molar-refractivity contribution is 0.0720. The summed E-state index contributed by atoms with van der Waals surface area (Å²) in [5, 5.41) is 10.6. The molecule has 2 saturated heterocycles. The molecule has 2 aliphatic heterocycles. The van der Waals surface area contributed by atoms with Gasteiger partial charge in [0.2, 0.25) is 10.0 Å². The maximum Gasteiger partial charge on any atom is 0.411 e. The monoisotopic (exact) mass is 627 g/mol. The van der Waals surface area contributed by atoms with E-state index in [2.05, 4.69) is 15.0 Å². The van der Waals surface area contributed by atoms with Gasteiger partial charge >= 0.3 is 6.09 Å². The van der Waals surface area contributed by atoms with Gasteiger partial charge in [-0.1, -0.05) is 35.9 Å². The van der Waals surface area contributed by atoms with E-state index in [9.17, 15) is 18.0 Å². The summed E-state index contributed by atoms with van der Waals surface area (Å²) < 4.78 is 30.2. The lowest BCUT2D eigenvalue weighted by Crippen LogP contribution is -2.40. The van der Waals surface area contributed by atoms with Crippen molar-refractivity contribution in [1.82, 2.24) is 19.2 Å². The lowest BCUT2D eigenvalue weighted by Gasteiger charge is -2.33. The Bertz CT molecular complexity index is 1620. The minimum absolute atomic E-state index is 0.0783. The first-order valence-electron chi connectivity index (χ1n) is 13.9. The second-order valence-corrected chi connectivity index (χ2v) is 13.3. The van der Waals surface area contributed by atoms with Crippen LogP contribution in [0.1, 0.15) is 47.1 Å². The number of nitrogen functional groups attached to an aromatic ring is 1. The van der Waals surface area contributed by atoms with E-state index in [0.29, 0.717) is 59.5 Å². The number of imidazole rings is 1. The molecule has 14 heteroatoms. The summed E-state index contributed by atoms with van der Waals surface area (Å²) >= 11 is 6.63. The zero-order valence-electron chi connectivity index (χ0n) is 23.8. The molecule has 2 amide bonds. The third kappa shape index (κ3) is 6.68. The van der Waals surface area contributed by atoms with Crippen molar-refractivity contribution in [3.8, 4) is 11.3 Å². The smallest absolute Gasteiger partial charge is 0.411 e. The average molecular weight is 628 g/mol. The van der Waals surface area contributed by atoms with Crippen molar-refractivity contribution in [2.45, 2.75) is 25.3 Å². The highest BCUT2D eigenvalue weighted by Crippen LogP contribution is 2.43. The Balaban J connectivity index is 1.41. The molecule has 5 N–H and O–H groups in total. The number of H-pyrrole nitrogens is 1. The zero-order chi connectivity index (χ0) is 30.9. The fourth-order valence-electron chi connectivity index (χ4n) is 5.93. The molecule has 0 radical (unpaired) electrons. The number of benzene rings is 2. The van der Waals surface area contributed by atoms with Gasteiger partial charge in [0, 0.05) is 42.0 Å². The van der Waals surface area contributed by atoms with E-state index in [0.717, 1.165) is 18.4 Å². The standard InChI is InChI=1S/C29H34ClN7O5S/c1-42-29(39)33-22-9-7-18(8-10-22)24-25(30)35-27(34-24)23-15-21(17-11-13-36(14-12-17)43(2,40)41)16-37(23)28(38)20-5-3-19(4-6-20)26(31)32/h3-10,17,21,23H,11-16H2,1-2H3,(H3,31,32)(H,33,39)(H,34,35)/t21-,23-/m0/s1. The molecule has 0 unspecified atom stereocenters. The number of aromatic nitrogens is 2. The van der Waals surface area contributed by atoms with Gasteiger partial charge in [0.05, 0.1) is 19.4 Å². The highest BCUT2D eigenvalue weighted by atomic mass is 35.5. The topological polar surface area (TPSA) is 175 Å². The van der Waals surface area contributed by atoms with Crippen LogP contribution in [0.2, 0.25) is 5.15 Å². The SMILES string of the molecule is COC(=O)Nc1ccc(-c2nc([C@@H]3C[C@H](C4CCN(S(C)(=O)=O)CC4)CN3C(=O)c3ccc(C(=N)N)cc3)[nH]c2Cl)cc1. The number of carbonyl (C=O) groups excluding carboxylic acids is 2. The quantitative estimate of drug-likeness (QED) is 0.225. The molecule has 228 valence electrons. The molecule has 2 aliphatic rings. The van der Waals surface area contributed by atoms with Gasteiger partial charge in [0.1, 0.15) is 22.5 Å². The third-order valence-electron chi connectivity index (χ3n) is 8.26. The Hall–Kier alpha value is -3.94. The van der Waals surface area contributed by atoms with Gasteiger partial charge in [-0.2, -0.15) is 0 Å². The summed E-state index contributed by atoms with van der Waals surface area (Å²) in [5.74, 6) is 0.691. The van der Waals surface area contributed by atoms with Crippen LogP contribution < -0.4 is 11.1 Å². The van der Waals surface area contributed by atoms with E-state index < -0.39 is 16.1 Å². The molecule has 0 aliphatic carbocycles. The van der Waals surface area contributed by atoms with Crippen LogP contribution in [0.5, 0.6) is 0 Å². The van der Waals surface area contributed by atoms with E-state index in [1.165, 1.54) is 17.7 Å². The Labute approximate surface area is 255 Å². The van der Waals surface area contributed by atoms with Crippen LogP contribution in [0.4, 0.5) is 10.5 Å². The number of likely N-dealkylation sites (tertiary alicyclic amines) is 1. The number of rotatable bonds is 7. The van der Waals surface area contributed by atoms with E-state index >= 15 is 0 Å². The molecule has 0 bridgehead atoms. The molecule has 2 atom stereocenters. The Kier molecular flexibility index (Phi) is 8.76. The molecule has 0 spiro atoms. The van der Waals surface area contributed by atoms with Gasteiger partial charge in [-0.15, -0.1) is 0 Å². The van der Waals surface area contributed by atoms with Crippen LogP contribution in [-0.4, -0.2) is 78.4 Å². The highest BCUT2D eigenvalue weighted by molar-refractivity contribution is 7.88. The van der Waals surface area contributed by atoms with Gasteiger partial charge in [-0.3, -0.25) is 15.5 Å². The Morgan fingerprint density at radius 1 is 1.07 bits per heavy atom. The molecular formula is C29H34ClN7O5S. The summed E-state index contributed by atoms with van der Waals surface area (Å²) in [4.78, 5) is 35.2. The molecule has 1 aromatic heterocycles. The van der Waals surface area contributed by atoms with Crippen LogP contribution in [0.15, 0.2) is 48.5 Å². The van der Waals surface area contributed by atoms with Crippen molar-refractivity contribution in [2.75, 3.05) is 38.3 Å². The molecule has 43 heavy (non-hydrogen) atoms. The fraction of sp³-hybridized carbons (Fsp3) is 0.379. The molecular weight excluding hydrogens is 594 g/mol. The van der Waals surface area contributed by atoms with E-state index in [-0.39, 0.29) is 29.6 Å². The number of hydrogen-bond acceptors (Lipinski definition) is 7. The highest BCUT2D eigenvalue weighted by Gasteiger charge is 2.42. The fourth-order valence-corrected chi connectivity index (χ4v) is 7.05. The number of amides is 2. The van der Waals surface area contributed by atoms with Crippen LogP contribution in [0, 0.1) is 17.2 Å². The number of sulfonamides is 1. The first kappa shape index (κ1) is 30.5. The Morgan fingerprint density at radius 3 is 2.28 bits per heavy atom.